The molecular formula is C10H7N3O3. The van der Waals surface area contributed by atoms with E-state index in [4.69, 9.17) is 4.74 Å². The first kappa shape index (κ1) is 8.90. The predicted octanol–water partition coefficient (Wildman–Crippen LogP) is 1.67. The van der Waals surface area contributed by atoms with Crippen molar-refractivity contribution in [3.63, 3.8) is 0 Å². The zero-order valence-electron chi connectivity index (χ0n) is 8.16. The maximum absolute atomic E-state index is 10.6. The fourth-order valence-corrected chi connectivity index (χ4v) is 1.73. The molecule has 1 aliphatic rings. The lowest BCUT2D eigenvalue weighted by Gasteiger charge is -2.18. The summed E-state index contributed by atoms with van der Waals surface area (Å²) in [6.07, 6.45) is 3.48. The molecule has 1 aromatic carbocycles. The maximum Gasteiger partial charge on any atom is 0.273 e. The molecule has 0 saturated carbocycles. The SMILES string of the molecule is O=[N+]([O-])c1ccc2c(c1)OCc1nccn1-2. The van der Waals surface area contributed by atoms with Gasteiger partial charge < -0.3 is 4.74 Å². The minimum absolute atomic E-state index is 0.0299. The summed E-state index contributed by atoms with van der Waals surface area (Å²) in [6.45, 7) is 0.334. The zero-order valence-corrected chi connectivity index (χ0v) is 8.16. The van der Waals surface area contributed by atoms with Gasteiger partial charge in [-0.2, -0.15) is 0 Å². The summed E-state index contributed by atoms with van der Waals surface area (Å²) >= 11 is 0. The summed E-state index contributed by atoms with van der Waals surface area (Å²) in [4.78, 5) is 14.3. The van der Waals surface area contributed by atoms with Gasteiger partial charge in [-0.05, 0) is 6.07 Å². The fraction of sp³-hybridized carbons (Fsp3) is 0.100. The smallest absolute Gasteiger partial charge is 0.273 e. The molecule has 0 radical (unpaired) electrons. The van der Waals surface area contributed by atoms with Crippen LogP contribution in [0.1, 0.15) is 5.82 Å². The molecule has 0 saturated heterocycles. The molecule has 0 atom stereocenters. The first-order valence-corrected chi connectivity index (χ1v) is 4.69. The Labute approximate surface area is 90.3 Å². The minimum atomic E-state index is -0.437. The van der Waals surface area contributed by atoms with Gasteiger partial charge in [0.05, 0.1) is 16.7 Å². The normalized spacial score (nSPS) is 12.5. The van der Waals surface area contributed by atoms with E-state index in [0.29, 0.717) is 12.4 Å². The van der Waals surface area contributed by atoms with Crippen molar-refractivity contribution >= 4 is 5.69 Å². The standard InChI is InChI=1S/C10H7N3O3/c14-13(15)7-1-2-8-9(5-7)16-6-10-11-3-4-12(8)10/h1-5H,6H2. The highest BCUT2D eigenvalue weighted by Crippen LogP contribution is 2.32. The van der Waals surface area contributed by atoms with Crippen molar-refractivity contribution in [2.75, 3.05) is 0 Å². The number of nitro benzene ring substituents is 1. The van der Waals surface area contributed by atoms with Crippen LogP contribution < -0.4 is 4.74 Å². The van der Waals surface area contributed by atoms with Crippen LogP contribution >= 0.6 is 0 Å². The molecule has 6 nitrogen and oxygen atoms in total. The van der Waals surface area contributed by atoms with Crippen LogP contribution in [0.15, 0.2) is 30.6 Å². The second kappa shape index (κ2) is 3.06. The third kappa shape index (κ3) is 1.16. The molecule has 0 unspecified atom stereocenters. The Hall–Kier alpha value is -2.37. The highest BCUT2D eigenvalue weighted by molar-refractivity contribution is 5.54. The number of fused-ring (bicyclic) bond motifs is 3. The van der Waals surface area contributed by atoms with E-state index in [1.54, 1.807) is 12.3 Å². The van der Waals surface area contributed by atoms with Gasteiger partial charge in [-0.3, -0.25) is 14.7 Å². The average molecular weight is 217 g/mol. The molecule has 1 aliphatic heterocycles. The number of ether oxygens (including phenoxy) is 1. The number of benzene rings is 1. The van der Waals surface area contributed by atoms with E-state index in [0.717, 1.165) is 11.5 Å². The van der Waals surface area contributed by atoms with Crippen molar-refractivity contribution in [2.45, 2.75) is 6.61 Å². The van der Waals surface area contributed by atoms with Crippen molar-refractivity contribution in [3.05, 3.63) is 46.5 Å². The number of nitro groups is 1. The Balaban J connectivity index is 2.17. The maximum atomic E-state index is 10.6. The van der Waals surface area contributed by atoms with Crippen molar-refractivity contribution in [2.24, 2.45) is 0 Å². The number of hydrogen-bond donors (Lipinski definition) is 0. The molecule has 0 N–H and O–H groups in total. The van der Waals surface area contributed by atoms with Crippen molar-refractivity contribution in [3.8, 4) is 11.4 Å². The largest absolute Gasteiger partial charge is 0.483 e. The van der Waals surface area contributed by atoms with E-state index in [2.05, 4.69) is 4.98 Å². The van der Waals surface area contributed by atoms with Gasteiger partial charge >= 0.3 is 0 Å². The van der Waals surface area contributed by atoms with E-state index in [-0.39, 0.29) is 5.69 Å². The molecule has 0 bridgehead atoms. The van der Waals surface area contributed by atoms with Crippen molar-refractivity contribution < 1.29 is 9.66 Å². The highest BCUT2D eigenvalue weighted by atomic mass is 16.6. The summed E-state index contributed by atoms with van der Waals surface area (Å²) in [6, 6.07) is 4.55. The molecular weight excluding hydrogens is 210 g/mol. The molecule has 3 rings (SSSR count). The van der Waals surface area contributed by atoms with Gasteiger partial charge in [-0.25, -0.2) is 4.98 Å². The topological polar surface area (TPSA) is 70.2 Å². The van der Waals surface area contributed by atoms with Crippen LogP contribution in [-0.2, 0) is 6.61 Å². The molecule has 2 aromatic rings. The molecule has 16 heavy (non-hydrogen) atoms. The quantitative estimate of drug-likeness (QED) is 0.538. The van der Waals surface area contributed by atoms with Crippen LogP contribution in [0.3, 0.4) is 0 Å². The van der Waals surface area contributed by atoms with Gasteiger partial charge in [0.25, 0.3) is 5.69 Å². The van der Waals surface area contributed by atoms with Crippen LogP contribution in [0.25, 0.3) is 5.69 Å². The third-order valence-corrected chi connectivity index (χ3v) is 2.49. The number of nitrogens with zero attached hydrogens (tertiary/aromatic N) is 3. The Morgan fingerprint density at radius 1 is 1.50 bits per heavy atom. The molecule has 6 heteroatoms. The summed E-state index contributed by atoms with van der Waals surface area (Å²) in [5.41, 5.74) is 0.812. The Morgan fingerprint density at radius 2 is 2.38 bits per heavy atom. The molecule has 0 spiro atoms. The first-order chi connectivity index (χ1) is 7.75. The lowest BCUT2D eigenvalue weighted by Crippen LogP contribution is -2.12. The highest BCUT2D eigenvalue weighted by Gasteiger charge is 2.19. The average Bonchev–Trinajstić information content (AvgIpc) is 2.76. The van der Waals surface area contributed by atoms with Gasteiger partial charge in [0.1, 0.15) is 6.61 Å². The first-order valence-electron chi connectivity index (χ1n) is 4.69. The number of rotatable bonds is 1. The molecule has 0 fully saturated rings. The third-order valence-electron chi connectivity index (χ3n) is 2.49. The van der Waals surface area contributed by atoms with Gasteiger partial charge in [-0.15, -0.1) is 0 Å². The summed E-state index contributed by atoms with van der Waals surface area (Å²) in [7, 11) is 0. The van der Waals surface area contributed by atoms with Crippen LogP contribution in [-0.4, -0.2) is 14.5 Å². The van der Waals surface area contributed by atoms with Gasteiger partial charge in [0, 0.05) is 18.5 Å². The van der Waals surface area contributed by atoms with Crippen LogP contribution in [0.4, 0.5) is 5.69 Å². The lowest BCUT2D eigenvalue weighted by atomic mass is 10.2. The van der Waals surface area contributed by atoms with E-state index < -0.39 is 4.92 Å². The van der Waals surface area contributed by atoms with E-state index in [1.807, 2.05) is 10.8 Å². The van der Waals surface area contributed by atoms with Gasteiger partial charge in [0.15, 0.2) is 11.6 Å². The molecule has 80 valence electrons. The van der Waals surface area contributed by atoms with Crippen LogP contribution in [0.5, 0.6) is 5.75 Å². The number of aromatic nitrogens is 2. The number of non-ortho nitro benzene ring substituents is 1. The zero-order chi connectivity index (χ0) is 11.1. The Bertz CT molecular complexity index is 576. The van der Waals surface area contributed by atoms with Crippen molar-refractivity contribution in [1.82, 2.24) is 9.55 Å². The number of hydrogen-bond acceptors (Lipinski definition) is 4. The number of imidazole rings is 1. The van der Waals surface area contributed by atoms with E-state index >= 15 is 0 Å². The van der Waals surface area contributed by atoms with E-state index in [9.17, 15) is 10.1 Å². The van der Waals surface area contributed by atoms with Crippen LogP contribution in [0.2, 0.25) is 0 Å². The van der Waals surface area contributed by atoms with Gasteiger partial charge in [0.2, 0.25) is 0 Å². The molecule has 0 aliphatic carbocycles. The minimum Gasteiger partial charge on any atom is -0.483 e. The van der Waals surface area contributed by atoms with Crippen LogP contribution in [0, 0.1) is 10.1 Å². The second-order valence-corrected chi connectivity index (χ2v) is 3.41. The Morgan fingerprint density at radius 3 is 3.19 bits per heavy atom. The molecule has 1 aromatic heterocycles. The summed E-state index contributed by atoms with van der Waals surface area (Å²) in [5, 5.41) is 10.6. The Kier molecular flexibility index (Phi) is 1.70. The monoisotopic (exact) mass is 217 g/mol. The lowest BCUT2D eigenvalue weighted by molar-refractivity contribution is -0.384. The second-order valence-electron chi connectivity index (χ2n) is 3.41. The summed E-state index contributed by atoms with van der Waals surface area (Å²) in [5.74, 6) is 1.31. The van der Waals surface area contributed by atoms with Crippen molar-refractivity contribution in [1.29, 1.82) is 0 Å². The van der Waals surface area contributed by atoms with E-state index in [1.165, 1.54) is 12.1 Å². The molecule has 2 heterocycles. The predicted molar refractivity (Wildman–Crippen MR) is 54.6 cm³/mol. The summed E-state index contributed by atoms with van der Waals surface area (Å²) < 4.78 is 7.27. The fourth-order valence-electron chi connectivity index (χ4n) is 1.73. The molecule has 0 amide bonds. The van der Waals surface area contributed by atoms with Gasteiger partial charge in [-0.1, -0.05) is 0 Å².